The summed E-state index contributed by atoms with van der Waals surface area (Å²) in [4.78, 5) is 0. The van der Waals surface area contributed by atoms with Gasteiger partial charge in [0.1, 0.15) is 0 Å². The molecule has 1 unspecified atom stereocenters. The first-order chi connectivity index (χ1) is 5.70. The normalized spacial score (nSPS) is 14.4. The molecule has 0 aliphatic rings. The SMILES string of the molecule is C=CC(C)=CCCC(C)COC. The topological polar surface area (TPSA) is 9.23 Å². The zero-order chi connectivity index (χ0) is 9.40. The maximum absolute atomic E-state index is 5.05. The van der Waals surface area contributed by atoms with Crippen LogP contribution in [0.3, 0.4) is 0 Å². The second kappa shape index (κ2) is 7.11. The number of ether oxygens (including phenoxy) is 1. The number of allylic oxidation sites excluding steroid dienone is 3. The van der Waals surface area contributed by atoms with E-state index < -0.39 is 0 Å². The van der Waals surface area contributed by atoms with Crippen molar-refractivity contribution < 1.29 is 4.74 Å². The molecule has 12 heavy (non-hydrogen) atoms. The zero-order valence-electron chi connectivity index (χ0n) is 8.47. The van der Waals surface area contributed by atoms with Crippen LogP contribution in [0.25, 0.3) is 0 Å². The minimum Gasteiger partial charge on any atom is -0.384 e. The van der Waals surface area contributed by atoms with Crippen molar-refractivity contribution in [3.8, 4) is 0 Å². The minimum absolute atomic E-state index is 0.656. The van der Waals surface area contributed by atoms with Crippen molar-refractivity contribution in [1.82, 2.24) is 0 Å². The summed E-state index contributed by atoms with van der Waals surface area (Å²) in [7, 11) is 1.75. The Morgan fingerprint density at radius 1 is 1.58 bits per heavy atom. The Morgan fingerprint density at radius 3 is 2.75 bits per heavy atom. The van der Waals surface area contributed by atoms with E-state index >= 15 is 0 Å². The van der Waals surface area contributed by atoms with Crippen molar-refractivity contribution in [2.45, 2.75) is 26.7 Å². The molecule has 0 saturated carbocycles. The predicted octanol–water partition coefficient (Wildman–Crippen LogP) is 3.18. The molecule has 0 heterocycles. The van der Waals surface area contributed by atoms with E-state index in [2.05, 4.69) is 26.5 Å². The van der Waals surface area contributed by atoms with E-state index in [1.807, 2.05) is 6.08 Å². The van der Waals surface area contributed by atoms with Gasteiger partial charge in [0.15, 0.2) is 0 Å². The van der Waals surface area contributed by atoms with Crippen LogP contribution in [-0.2, 0) is 4.74 Å². The maximum Gasteiger partial charge on any atom is 0.0487 e. The van der Waals surface area contributed by atoms with Crippen molar-refractivity contribution in [2.75, 3.05) is 13.7 Å². The van der Waals surface area contributed by atoms with Gasteiger partial charge in [-0.3, -0.25) is 0 Å². The molecule has 1 heteroatoms. The first kappa shape index (κ1) is 11.4. The van der Waals surface area contributed by atoms with E-state index in [1.165, 1.54) is 12.0 Å². The van der Waals surface area contributed by atoms with Crippen molar-refractivity contribution in [3.05, 3.63) is 24.3 Å². The second-order valence-corrected chi connectivity index (χ2v) is 3.29. The summed E-state index contributed by atoms with van der Waals surface area (Å²) in [6.45, 7) is 8.85. The van der Waals surface area contributed by atoms with Crippen LogP contribution in [0.5, 0.6) is 0 Å². The highest BCUT2D eigenvalue weighted by Crippen LogP contribution is 2.07. The number of hydrogen-bond acceptors (Lipinski definition) is 1. The molecular formula is C11H20O. The summed E-state index contributed by atoms with van der Waals surface area (Å²) in [5.74, 6) is 0.656. The molecule has 0 radical (unpaired) electrons. The lowest BCUT2D eigenvalue weighted by Gasteiger charge is -2.07. The summed E-state index contributed by atoms with van der Waals surface area (Å²) in [6, 6.07) is 0. The zero-order valence-corrected chi connectivity index (χ0v) is 8.47. The third-order valence-corrected chi connectivity index (χ3v) is 1.90. The monoisotopic (exact) mass is 168 g/mol. The first-order valence-corrected chi connectivity index (χ1v) is 4.48. The van der Waals surface area contributed by atoms with Gasteiger partial charge in [0.05, 0.1) is 0 Å². The van der Waals surface area contributed by atoms with E-state index in [0.29, 0.717) is 5.92 Å². The smallest absolute Gasteiger partial charge is 0.0487 e. The van der Waals surface area contributed by atoms with Gasteiger partial charge in [0, 0.05) is 13.7 Å². The van der Waals surface area contributed by atoms with Crippen molar-refractivity contribution in [1.29, 1.82) is 0 Å². The number of hydrogen-bond donors (Lipinski definition) is 0. The molecule has 1 atom stereocenters. The van der Waals surface area contributed by atoms with Gasteiger partial charge < -0.3 is 4.74 Å². The summed E-state index contributed by atoms with van der Waals surface area (Å²) in [6.07, 6.45) is 6.43. The summed E-state index contributed by atoms with van der Waals surface area (Å²) < 4.78 is 5.05. The molecule has 0 aliphatic carbocycles. The predicted molar refractivity (Wildman–Crippen MR) is 54.2 cm³/mol. The fourth-order valence-corrected chi connectivity index (χ4v) is 1.05. The highest BCUT2D eigenvalue weighted by molar-refractivity contribution is 5.12. The van der Waals surface area contributed by atoms with E-state index in [9.17, 15) is 0 Å². The Balaban J connectivity index is 3.48. The molecule has 0 rings (SSSR count). The number of methoxy groups -OCH3 is 1. The maximum atomic E-state index is 5.05. The third kappa shape index (κ3) is 6.17. The lowest BCUT2D eigenvalue weighted by Crippen LogP contribution is -2.02. The third-order valence-electron chi connectivity index (χ3n) is 1.90. The van der Waals surface area contributed by atoms with Gasteiger partial charge >= 0.3 is 0 Å². The lowest BCUT2D eigenvalue weighted by molar-refractivity contribution is 0.156. The van der Waals surface area contributed by atoms with Gasteiger partial charge in [-0.15, -0.1) is 0 Å². The van der Waals surface area contributed by atoms with Crippen molar-refractivity contribution in [2.24, 2.45) is 5.92 Å². The van der Waals surface area contributed by atoms with Gasteiger partial charge in [0.25, 0.3) is 0 Å². The molecule has 0 aromatic carbocycles. The molecule has 0 aliphatic heterocycles. The highest BCUT2D eigenvalue weighted by Gasteiger charge is 1.98. The largest absolute Gasteiger partial charge is 0.384 e. The van der Waals surface area contributed by atoms with Gasteiger partial charge in [-0.1, -0.05) is 31.2 Å². The van der Waals surface area contributed by atoms with Crippen LogP contribution in [0.4, 0.5) is 0 Å². The van der Waals surface area contributed by atoms with Crippen LogP contribution in [0.15, 0.2) is 24.3 Å². The average molecular weight is 168 g/mol. The molecule has 0 fully saturated rings. The average Bonchev–Trinajstić information content (AvgIpc) is 2.04. The Bertz CT molecular complexity index is 147. The summed E-state index contributed by atoms with van der Waals surface area (Å²) >= 11 is 0. The molecule has 0 spiro atoms. The van der Waals surface area contributed by atoms with Crippen LogP contribution in [-0.4, -0.2) is 13.7 Å². The van der Waals surface area contributed by atoms with Gasteiger partial charge in [-0.05, 0) is 25.7 Å². The Labute approximate surface area is 76.1 Å². The Hall–Kier alpha value is -0.560. The Kier molecular flexibility index (Phi) is 6.78. The first-order valence-electron chi connectivity index (χ1n) is 4.48. The van der Waals surface area contributed by atoms with E-state index in [-0.39, 0.29) is 0 Å². The summed E-state index contributed by atoms with van der Waals surface area (Å²) in [5.41, 5.74) is 1.26. The van der Waals surface area contributed by atoms with Gasteiger partial charge in [-0.25, -0.2) is 0 Å². The molecule has 0 N–H and O–H groups in total. The van der Waals surface area contributed by atoms with Crippen molar-refractivity contribution in [3.63, 3.8) is 0 Å². The van der Waals surface area contributed by atoms with Gasteiger partial charge in [0.2, 0.25) is 0 Å². The molecule has 0 aromatic rings. The molecule has 1 nitrogen and oxygen atoms in total. The van der Waals surface area contributed by atoms with Crippen LogP contribution < -0.4 is 0 Å². The van der Waals surface area contributed by atoms with Crippen LogP contribution in [0, 0.1) is 5.92 Å². The number of rotatable bonds is 6. The van der Waals surface area contributed by atoms with E-state index in [0.717, 1.165) is 13.0 Å². The van der Waals surface area contributed by atoms with Crippen LogP contribution in [0.1, 0.15) is 26.7 Å². The quantitative estimate of drug-likeness (QED) is 0.553. The highest BCUT2D eigenvalue weighted by atomic mass is 16.5. The molecule has 0 saturated heterocycles. The molecule has 0 aromatic heterocycles. The molecular weight excluding hydrogens is 148 g/mol. The van der Waals surface area contributed by atoms with Crippen LogP contribution in [0.2, 0.25) is 0 Å². The second-order valence-electron chi connectivity index (χ2n) is 3.29. The molecule has 70 valence electrons. The molecule has 0 bridgehead atoms. The fraction of sp³-hybridized carbons (Fsp3) is 0.636. The lowest BCUT2D eigenvalue weighted by atomic mass is 10.1. The van der Waals surface area contributed by atoms with Gasteiger partial charge in [-0.2, -0.15) is 0 Å². The Morgan fingerprint density at radius 2 is 2.25 bits per heavy atom. The standard InChI is InChI=1S/C11H20O/c1-5-10(2)7-6-8-11(3)9-12-4/h5,7,11H,1,6,8-9H2,2-4H3. The molecule has 0 amide bonds. The van der Waals surface area contributed by atoms with Crippen LogP contribution >= 0.6 is 0 Å². The summed E-state index contributed by atoms with van der Waals surface area (Å²) in [5, 5.41) is 0. The van der Waals surface area contributed by atoms with E-state index in [4.69, 9.17) is 4.74 Å². The van der Waals surface area contributed by atoms with Crippen molar-refractivity contribution >= 4 is 0 Å². The van der Waals surface area contributed by atoms with E-state index in [1.54, 1.807) is 7.11 Å². The fourth-order valence-electron chi connectivity index (χ4n) is 1.05. The minimum atomic E-state index is 0.656.